The third-order valence-electron chi connectivity index (χ3n) is 4.53. The highest BCUT2D eigenvalue weighted by Crippen LogP contribution is 2.23. The lowest BCUT2D eigenvalue weighted by Crippen LogP contribution is -2.44. The largest absolute Gasteiger partial charge is 0.325 e. The van der Waals surface area contributed by atoms with Crippen molar-refractivity contribution in [2.24, 2.45) is 11.8 Å². The predicted octanol–water partition coefficient (Wildman–Crippen LogP) is 1.52. The van der Waals surface area contributed by atoms with E-state index >= 15 is 0 Å². The molecule has 0 saturated carbocycles. The number of rotatable bonds is 4. The quantitative estimate of drug-likeness (QED) is 0.839. The first-order valence-electron chi connectivity index (χ1n) is 7.78. The van der Waals surface area contributed by atoms with E-state index in [4.69, 9.17) is 0 Å². The molecule has 2 aliphatic rings. The van der Waals surface area contributed by atoms with Gasteiger partial charge in [-0.25, -0.2) is 0 Å². The van der Waals surface area contributed by atoms with Crippen LogP contribution in [0.5, 0.6) is 0 Å². The standard InChI is InChI=1S/C15H29N3O/c1-5-13-16-14(11(2)3)15(19)18(13)10-12-7-6-8-17(4)9-12/h11-14,16H,5-10H2,1-4H3. The van der Waals surface area contributed by atoms with E-state index in [9.17, 15) is 4.79 Å². The van der Waals surface area contributed by atoms with Crippen molar-refractivity contribution in [3.63, 3.8) is 0 Å². The molecule has 0 aromatic rings. The number of amides is 1. The molecule has 4 nitrogen and oxygen atoms in total. The average Bonchev–Trinajstić information content (AvgIpc) is 2.67. The zero-order valence-corrected chi connectivity index (χ0v) is 12.9. The zero-order chi connectivity index (χ0) is 14.0. The maximum atomic E-state index is 12.5. The Morgan fingerprint density at radius 2 is 2.16 bits per heavy atom. The van der Waals surface area contributed by atoms with Gasteiger partial charge >= 0.3 is 0 Å². The lowest BCUT2D eigenvalue weighted by molar-refractivity contribution is -0.131. The Hall–Kier alpha value is -0.610. The molecule has 0 aromatic carbocycles. The summed E-state index contributed by atoms with van der Waals surface area (Å²) in [5.41, 5.74) is 0. The lowest BCUT2D eigenvalue weighted by Gasteiger charge is -2.34. The van der Waals surface area contributed by atoms with Crippen LogP contribution in [0.2, 0.25) is 0 Å². The molecule has 0 aromatic heterocycles. The van der Waals surface area contributed by atoms with Gasteiger partial charge < -0.3 is 9.80 Å². The van der Waals surface area contributed by atoms with E-state index < -0.39 is 0 Å². The lowest BCUT2D eigenvalue weighted by atomic mass is 9.97. The molecule has 2 heterocycles. The molecule has 0 aliphatic carbocycles. The summed E-state index contributed by atoms with van der Waals surface area (Å²) in [6.07, 6.45) is 3.77. The minimum absolute atomic E-state index is 0.0197. The Labute approximate surface area is 117 Å². The number of likely N-dealkylation sites (tertiary alicyclic amines) is 1. The summed E-state index contributed by atoms with van der Waals surface area (Å²) in [6.45, 7) is 9.67. The third kappa shape index (κ3) is 3.29. The molecule has 0 radical (unpaired) electrons. The second kappa shape index (κ2) is 6.23. The van der Waals surface area contributed by atoms with Crippen molar-refractivity contribution in [1.82, 2.24) is 15.1 Å². The molecule has 2 rings (SSSR count). The fourth-order valence-electron chi connectivity index (χ4n) is 3.43. The third-order valence-corrected chi connectivity index (χ3v) is 4.53. The number of carbonyl (C=O) groups excluding carboxylic acids is 1. The van der Waals surface area contributed by atoms with E-state index in [0.29, 0.717) is 17.7 Å². The van der Waals surface area contributed by atoms with E-state index in [1.807, 2.05) is 0 Å². The summed E-state index contributed by atoms with van der Waals surface area (Å²) < 4.78 is 0. The van der Waals surface area contributed by atoms with Crippen molar-refractivity contribution >= 4 is 5.91 Å². The van der Waals surface area contributed by atoms with Crippen LogP contribution in [0.1, 0.15) is 40.0 Å². The molecule has 1 amide bonds. The molecule has 2 saturated heterocycles. The van der Waals surface area contributed by atoms with Crippen molar-refractivity contribution in [2.45, 2.75) is 52.2 Å². The van der Waals surface area contributed by atoms with Gasteiger partial charge in [-0.05, 0) is 44.7 Å². The summed E-state index contributed by atoms with van der Waals surface area (Å²) in [6, 6.07) is 0.0197. The van der Waals surface area contributed by atoms with Crippen LogP contribution >= 0.6 is 0 Å². The van der Waals surface area contributed by atoms with E-state index in [1.54, 1.807) is 0 Å². The Kier molecular flexibility index (Phi) is 4.85. The summed E-state index contributed by atoms with van der Waals surface area (Å²) in [7, 11) is 2.18. The van der Waals surface area contributed by atoms with Crippen LogP contribution in [0.25, 0.3) is 0 Å². The summed E-state index contributed by atoms with van der Waals surface area (Å²) in [5, 5.41) is 3.50. The Balaban J connectivity index is 1.99. The maximum absolute atomic E-state index is 12.5. The second-order valence-electron chi connectivity index (χ2n) is 6.57. The van der Waals surface area contributed by atoms with Gasteiger partial charge in [0.15, 0.2) is 0 Å². The molecule has 0 bridgehead atoms. The monoisotopic (exact) mass is 267 g/mol. The maximum Gasteiger partial charge on any atom is 0.241 e. The van der Waals surface area contributed by atoms with Crippen molar-refractivity contribution in [1.29, 1.82) is 0 Å². The van der Waals surface area contributed by atoms with Crippen LogP contribution in [-0.4, -0.2) is 54.6 Å². The Morgan fingerprint density at radius 1 is 1.42 bits per heavy atom. The van der Waals surface area contributed by atoms with Crippen molar-refractivity contribution < 1.29 is 4.79 Å². The first-order valence-corrected chi connectivity index (χ1v) is 7.78. The molecule has 3 unspecified atom stereocenters. The Bertz CT molecular complexity index is 319. The van der Waals surface area contributed by atoms with Gasteiger partial charge in [-0.1, -0.05) is 20.8 Å². The predicted molar refractivity (Wildman–Crippen MR) is 77.8 cm³/mol. The van der Waals surface area contributed by atoms with Crippen molar-refractivity contribution in [2.75, 3.05) is 26.7 Å². The van der Waals surface area contributed by atoms with Crippen LogP contribution in [0.4, 0.5) is 0 Å². The van der Waals surface area contributed by atoms with Gasteiger partial charge in [0.1, 0.15) is 0 Å². The molecule has 0 spiro atoms. The molecule has 4 heteroatoms. The van der Waals surface area contributed by atoms with Crippen LogP contribution in [0.3, 0.4) is 0 Å². The fourth-order valence-corrected chi connectivity index (χ4v) is 3.43. The summed E-state index contributed by atoms with van der Waals surface area (Å²) >= 11 is 0. The van der Waals surface area contributed by atoms with Crippen LogP contribution in [0, 0.1) is 11.8 Å². The summed E-state index contributed by atoms with van der Waals surface area (Å²) in [4.78, 5) is 17.0. The highest BCUT2D eigenvalue weighted by molar-refractivity contribution is 5.84. The SMILES string of the molecule is CCC1NC(C(C)C)C(=O)N1CC1CCCN(C)C1. The molecule has 19 heavy (non-hydrogen) atoms. The molecular formula is C15H29N3O. The van der Waals surface area contributed by atoms with Gasteiger partial charge in [0.25, 0.3) is 0 Å². The van der Waals surface area contributed by atoms with E-state index in [-0.39, 0.29) is 12.2 Å². The molecule has 110 valence electrons. The number of hydrogen-bond donors (Lipinski definition) is 1. The highest BCUT2D eigenvalue weighted by atomic mass is 16.2. The van der Waals surface area contributed by atoms with Gasteiger partial charge in [-0.2, -0.15) is 0 Å². The smallest absolute Gasteiger partial charge is 0.241 e. The minimum atomic E-state index is 0.0197. The number of hydrogen-bond acceptors (Lipinski definition) is 3. The molecular weight excluding hydrogens is 238 g/mol. The first-order chi connectivity index (χ1) is 9.02. The number of nitrogens with one attached hydrogen (secondary N) is 1. The molecule has 2 fully saturated rings. The highest BCUT2D eigenvalue weighted by Gasteiger charge is 2.40. The van der Waals surface area contributed by atoms with Gasteiger partial charge in [0, 0.05) is 13.1 Å². The first kappa shape index (κ1) is 14.8. The number of carbonyl (C=O) groups is 1. The normalized spacial score (nSPS) is 33.4. The van der Waals surface area contributed by atoms with Gasteiger partial charge in [-0.15, -0.1) is 0 Å². The van der Waals surface area contributed by atoms with Gasteiger partial charge in [-0.3, -0.25) is 10.1 Å². The van der Waals surface area contributed by atoms with Crippen LogP contribution < -0.4 is 5.32 Å². The van der Waals surface area contributed by atoms with E-state index in [1.165, 1.54) is 19.4 Å². The number of nitrogens with zero attached hydrogens (tertiary/aromatic N) is 2. The van der Waals surface area contributed by atoms with Crippen LogP contribution in [0.15, 0.2) is 0 Å². The van der Waals surface area contributed by atoms with Gasteiger partial charge in [0.05, 0.1) is 12.2 Å². The van der Waals surface area contributed by atoms with Crippen molar-refractivity contribution in [3.8, 4) is 0 Å². The van der Waals surface area contributed by atoms with E-state index in [0.717, 1.165) is 19.5 Å². The number of piperidine rings is 1. The second-order valence-corrected chi connectivity index (χ2v) is 6.57. The van der Waals surface area contributed by atoms with Crippen LogP contribution in [-0.2, 0) is 4.79 Å². The molecule has 2 aliphatic heterocycles. The topological polar surface area (TPSA) is 35.6 Å². The van der Waals surface area contributed by atoms with Crippen molar-refractivity contribution in [3.05, 3.63) is 0 Å². The average molecular weight is 267 g/mol. The molecule has 1 N–H and O–H groups in total. The van der Waals surface area contributed by atoms with E-state index in [2.05, 4.69) is 42.9 Å². The zero-order valence-electron chi connectivity index (χ0n) is 12.9. The molecule has 3 atom stereocenters. The summed E-state index contributed by atoms with van der Waals surface area (Å²) in [5.74, 6) is 1.33. The fraction of sp³-hybridized carbons (Fsp3) is 0.933. The van der Waals surface area contributed by atoms with Gasteiger partial charge in [0.2, 0.25) is 5.91 Å². The Morgan fingerprint density at radius 3 is 2.74 bits per heavy atom. The minimum Gasteiger partial charge on any atom is -0.325 e.